The van der Waals surface area contributed by atoms with E-state index >= 15 is 0 Å². The number of fused-ring (bicyclic) bond motifs is 1. The van der Waals surface area contributed by atoms with Gasteiger partial charge in [-0.3, -0.25) is 9.40 Å². The molecule has 0 aliphatic rings. The summed E-state index contributed by atoms with van der Waals surface area (Å²) in [4.78, 5) is 16.5. The smallest absolute Gasteiger partial charge is 0.272 e. The van der Waals surface area contributed by atoms with E-state index in [9.17, 15) is 4.79 Å². The number of para-hydroxylation sites is 1. The third-order valence-electron chi connectivity index (χ3n) is 2.12. The maximum atomic E-state index is 11.6. The van der Waals surface area contributed by atoms with Crippen LogP contribution in [0.25, 0.3) is 10.9 Å². The van der Waals surface area contributed by atoms with Crippen molar-refractivity contribution in [1.29, 1.82) is 0 Å². The lowest BCUT2D eigenvalue weighted by Gasteiger charge is -2.05. The number of nitrogens with zero attached hydrogens (tertiary/aromatic N) is 1. The zero-order valence-corrected chi connectivity index (χ0v) is 8.43. The van der Waals surface area contributed by atoms with Crippen molar-refractivity contribution in [3.8, 4) is 0 Å². The van der Waals surface area contributed by atoms with Gasteiger partial charge >= 0.3 is 6.03 Å². The highest BCUT2D eigenvalue weighted by Gasteiger charge is 2.06. The number of hydroxylamine groups is 1. The average Bonchev–Trinajstić information content (AvgIpc) is 2.69. The monoisotopic (exact) mass is 204 g/mol. The van der Waals surface area contributed by atoms with E-state index in [4.69, 9.17) is 4.84 Å². The number of rotatable bonds is 2. The van der Waals surface area contributed by atoms with E-state index in [2.05, 4.69) is 5.48 Å². The van der Waals surface area contributed by atoms with Crippen LogP contribution >= 0.6 is 0 Å². The molecule has 0 fully saturated rings. The molecule has 0 bridgehead atoms. The Morgan fingerprint density at radius 2 is 2.20 bits per heavy atom. The van der Waals surface area contributed by atoms with Crippen molar-refractivity contribution in [2.75, 3.05) is 6.61 Å². The predicted octanol–water partition coefficient (Wildman–Crippen LogP) is 2.15. The minimum atomic E-state index is -0.280. The quantitative estimate of drug-likeness (QED) is 0.762. The zero-order valence-electron chi connectivity index (χ0n) is 8.43. The fourth-order valence-electron chi connectivity index (χ4n) is 1.44. The van der Waals surface area contributed by atoms with E-state index in [-0.39, 0.29) is 6.03 Å². The van der Waals surface area contributed by atoms with Crippen LogP contribution in [-0.4, -0.2) is 17.2 Å². The minimum absolute atomic E-state index is 0.280. The van der Waals surface area contributed by atoms with Gasteiger partial charge in [0.25, 0.3) is 0 Å². The summed E-state index contributed by atoms with van der Waals surface area (Å²) in [5.74, 6) is 0. The maximum Gasteiger partial charge on any atom is 0.349 e. The number of benzene rings is 1. The van der Waals surface area contributed by atoms with Crippen LogP contribution in [0.1, 0.15) is 6.92 Å². The summed E-state index contributed by atoms with van der Waals surface area (Å²) < 4.78 is 1.52. The van der Waals surface area contributed by atoms with E-state index in [1.807, 2.05) is 37.3 Å². The highest BCUT2D eigenvalue weighted by molar-refractivity contribution is 5.91. The van der Waals surface area contributed by atoms with Crippen molar-refractivity contribution in [2.45, 2.75) is 6.92 Å². The van der Waals surface area contributed by atoms with Crippen LogP contribution in [0.3, 0.4) is 0 Å². The highest BCUT2D eigenvalue weighted by atomic mass is 16.7. The van der Waals surface area contributed by atoms with E-state index in [1.54, 1.807) is 6.20 Å². The van der Waals surface area contributed by atoms with Gasteiger partial charge < -0.3 is 0 Å². The van der Waals surface area contributed by atoms with Crippen LogP contribution in [0, 0.1) is 0 Å². The van der Waals surface area contributed by atoms with Crippen molar-refractivity contribution < 1.29 is 9.63 Å². The Hall–Kier alpha value is -1.81. The summed E-state index contributed by atoms with van der Waals surface area (Å²) in [5.41, 5.74) is 3.22. The molecule has 0 radical (unpaired) electrons. The molecular formula is C11H12N2O2. The fraction of sp³-hybridized carbons (Fsp3) is 0.182. The molecule has 1 aromatic heterocycles. The van der Waals surface area contributed by atoms with E-state index < -0.39 is 0 Å². The lowest BCUT2D eigenvalue weighted by Crippen LogP contribution is -2.27. The molecule has 1 amide bonds. The first kappa shape index (κ1) is 9.73. The molecule has 0 aliphatic carbocycles. The van der Waals surface area contributed by atoms with E-state index in [0.717, 1.165) is 10.9 Å². The topological polar surface area (TPSA) is 43.3 Å². The molecule has 1 heterocycles. The zero-order chi connectivity index (χ0) is 10.7. The Labute approximate surface area is 87.4 Å². The third-order valence-corrected chi connectivity index (χ3v) is 2.12. The number of hydrogen-bond donors (Lipinski definition) is 1. The van der Waals surface area contributed by atoms with Crippen molar-refractivity contribution in [2.24, 2.45) is 0 Å². The lowest BCUT2D eigenvalue weighted by atomic mass is 10.2. The molecule has 0 saturated heterocycles. The highest BCUT2D eigenvalue weighted by Crippen LogP contribution is 2.14. The van der Waals surface area contributed by atoms with Crippen molar-refractivity contribution in [3.63, 3.8) is 0 Å². The number of carbonyl (C=O) groups excluding carboxylic acids is 1. The van der Waals surface area contributed by atoms with Gasteiger partial charge in [0.05, 0.1) is 12.1 Å². The molecule has 15 heavy (non-hydrogen) atoms. The third kappa shape index (κ3) is 1.85. The normalized spacial score (nSPS) is 10.5. The Morgan fingerprint density at radius 3 is 3.00 bits per heavy atom. The van der Waals surface area contributed by atoms with Crippen LogP contribution in [-0.2, 0) is 4.84 Å². The SMILES string of the molecule is CCONC(=O)n1ccc2ccccc21. The van der Waals surface area contributed by atoms with Gasteiger partial charge in [0.2, 0.25) is 0 Å². The summed E-state index contributed by atoms with van der Waals surface area (Å²) >= 11 is 0. The predicted molar refractivity (Wildman–Crippen MR) is 57.5 cm³/mol. The van der Waals surface area contributed by atoms with Gasteiger partial charge in [-0.15, -0.1) is 0 Å². The standard InChI is InChI=1S/C11H12N2O2/c1-2-15-12-11(14)13-8-7-9-5-3-4-6-10(9)13/h3-8H,2H2,1H3,(H,12,14). The number of hydrogen-bond acceptors (Lipinski definition) is 2. The van der Waals surface area contributed by atoms with Crippen LogP contribution in [0.2, 0.25) is 0 Å². The van der Waals surface area contributed by atoms with Gasteiger partial charge in [0.15, 0.2) is 0 Å². The van der Waals surface area contributed by atoms with Crippen molar-refractivity contribution >= 4 is 16.9 Å². The molecule has 2 rings (SSSR count). The molecule has 0 saturated carbocycles. The van der Waals surface area contributed by atoms with Crippen LogP contribution < -0.4 is 5.48 Å². The molecule has 0 spiro atoms. The summed E-state index contributed by atoms with van der Waals surface area (Å²) in [6.45, 7) is 2.26. The Balaban J connectivity index is 2.31. The molecule has 4 heteroatoms. The van der Waals surface area contributed by atoms with Gasteiger partial charge in [-0.25, -0.2) is 10.3 Å². The molecule has 1 N–H and O–H groups in total. The lowest BCUT2D eigenvalue weighted by molar-refractivity contribution is 0.0716. The van der Waals surface area contributed by atoms with Gasteiger partial charge in [0, 0.05) is 11.6 Å². The number of amides is 1. The van der Waals surface area contributed by atoms with E-state index in [1.165, 1.54) is 4.57 Å². The van der Waals surface area contributed by atoms with Crippen molar-refractivity contribution in [1.82, 2.24) is 10.0 Å². The summed E-state index contributed by atoms with van der Waals surface area (Å²) in [6.07, 6.45) is 1.72. The number of carbonyl (C=O) groups is 1. The van der Waals surface area contributed by atoms with Gasteiger partial charge in [0.1, 0.15) is 0 Å². The van der Waals surface area contributed by atoms with Crippen LogP contribution in [0.5, 0.6) is 0 Å². The largest absolute Gasteiger partial charge is 0.349 e. The first-order valence-corrected chi connectivity index (χ1v) is 4.81. The van der Waals surface area contributed by atoms with Gasteiger partial charge in [-0.2, -0.15) is 0 Å². The molecule has 0 atom stereocenters. The second-order valence-corrected chi connectivity index (χ2v) is 3.08. The second kappa shape index (κ2) is 4.14. The minimum Gasteiger partial charge on any atom is -0.272 e. The Kier molecular flexibility index (Phi) is 2.69. The second-order valence-electron chi connectivity index (χ2n) is 3.08. The van der Waals surface area contributed by atoms with Crippen molar-refractivity contribution in [3.05, 3.63) is 36.5 Å². The first-order valence-electron chi connectivity index (χ1n) is 4.81. The summed E-state index contributed by atoms with van der Waals surface area (Å²) in [5, 5.41) is 1.03. The molecule has 2 aromatic rings. The molecule has 78 valence electrons. The van der Waals surface area contributed by atoms with Gasteiger partial charge in [-0.05, 0) is 19.1 Å². The van der Waals surface area contributed by atoms with Crippen LogP contribution in [0.4, 0.5) is 4.79 Å². The first-order chi connectivity index (χ1) is 7.33. The summed E-state index contributed by atoms with van der Waals surface area (Å²) in [7, 11) is 0. The molecule has 4 nitrogen and oxygen atoms in total. The van der Waals surface area contributed by atoms with Crippen LogP contribution in [0.15, 0.2) is 36.5 Å². The van der Waals surface area contributed by atoms with E-state index in [0.29, 0.717) is 6.61 Å². The average molecular weight is 204 g/mol. The Morgan fingerprint density at radius 1 is 1.40 bits per heavy atom. The maximum absolute atomic E-state index is 11.6. The molecule has 1 aromatic carbocycles. The molecule has 0 aliphatic heterocycles. The number of nitrogens with one attached hydrogen (secondary N) is 1. The molecule has 0 unspecified atom stereocenters. The molecular weight excluding hydrogens is 192 g/mol. The summed E-state index contributed by atoms with van der Waals surface area (Å²) in [6, 6.07) is 9.29. The van der Waals surface area contributed by atoms with Gasteiger partial charge in [-0.1, -0.05) is 18.2 Å². The fourth-order valence-corrected chi connectivity index (χ4v) is 1.44. The number of aromatic nitrogens is 1. The Bertz CT molecular complexity index is 476.